The summed E-state index contributed by atoms with van der Waals surface area (Å²) >= 11 is 0. The largest absolute Gasteiger partial charge is 0.299 e. The van der Waals surface area contributed by atoms with Crippen LogP contribution in [0.3, 0.4) is 0 Å². The molecule has 0 heterocycles. The van der Waals surface area contributed by atoms with Crippen LogP contribution in [0.15, 0.2) is 23.3 Å². The molecular weight excluding hydrogens is 284 g/mol. The van der Waals surface area contributed by atoms with Crippen LogP contribution in [0.25, 0.3) is 0 Å². The lowest BCUT2D eigenvalue weighted by atomic mass is 9.43. The quantitative estimate of drug-likeness (QED) is 0.512. The fraction of sp³-hybridized carbons (Fsp3) is 0.714. The third-order valence-electron chi connectivity index (χ3n) is 6.28. The molecule has 0 aromatic carbocycles. The zero-order valence-electron chi connectivity index (χ0n) is 15.7. The number of ketones is 2. The Morgan fingerprint density at radius 1 is 0.913 bits per heavy atom. The number of hydrogen-bond donors (Lipinski definition) is 0. The van der Waals surface area contributed by atoms with E-state index in [1.54, 1.807) is 0 Å². The van der Waals surface area contributed by atoms with Gasteiger partial charge in [-0.3, -0.25) is 9.59 Å². The van der Waals surface area contributed by atoms with Gasteiger partial charge in [0.25, 0.3) is 0 Å². The molecule has 2 aliphatic carbocycles. The van der Waals surface area contributed by atoms with Gasteiger partial charge < -0.3 is 0 Å². The molecule has 0 aromatic heterocycles. The molecular formula is C21H32O2. The van der Waals surface area contributed by atoms with Crippen LogP contribution in [0.2, 0.25) is 0 Å². The van der Waals surface area contributed by atoms with Crippen LogP contribution in [0.5, 0.6) is 0 Å². The molecule has 2 saturated carbocycles. The minimum Gasteiger partial charge on any atom is -0.299 e. The van der Waals surface area contributed by atoms with Gasteiger partial charge in [-0.25, -0.2) is 0 Å². The van der Waals surface area contributed by atoms with Gasteiger partial charge in [0.2, 0.25) is 0 Å². The molecule has 2 heteroatoms. The Bertz CT molecular complexity index is 571. The highest BCUT2D eigenvalue weighted by molar-refractivity contribution is 6.13. The van der Waals surface area contributed by atoms with Crippen LogP contribution >= 0.6 is 0 Å². The van der Waals surface area contributed by atoms with Crippen LogP contribution in [0.4, 0.5) is 0 Å². The van der Waals surface area contributed by atoms with Crippen LogP contribution in [0, 0.1) is 16.2 Å². The number of allylic oxidation sites excluding steroid dienone is 4. The van der Waals surface area contributed by atoms with E-state index in [4.69, 9.17) is 0 Å². The fourth-order valence-corrected chi connectivity index (χ4v) is 4.48. The standard InChI is InChI=1S/C21H32O2/c1-15(2)7-10-20-11-9-17(22)21(18(20)23,12-8-16(3)4)19(5,6)13-14-20/h7-8H,9-14H2,1-6H3. The van der Waals surface area contributed by atoms with Crippen LogP contribution < -0.4 is 0 Å². The van der Waals surface area contributed by atoms with Gasteiger partial charge in [0.15, 0.2) is 5.78 Å². The van der Waals surface area contributed by atoms with Gasteiger partial charge in [0.05, 0.1) is 5.41 Å². The second-order valence-corrected chi connectivity index (χ2v) is 8.79. The maximum absolute atomic E-state index is 13.6. The summed E-state index contributed by atoms with van der Waals surface area (Å²) in [7, 11) is 0. The monoisotopic (exact) mass is 316 g/mol. The average molecular weight is 316 g/mol. The van der Waals surface area contributed by atoms with Crippen molar-refractivity contribution in [1.29, 1.82) is 0 Å². The maximum atomic E-state index is 13.6. The van der Waals surface area contributed by atoms with E-state index in [1.165, 1.54) is 11.1 Å². The summed E-state index contributed by atoms with van der Waals surface area (Å²) in [6, 6.07) is 0. The lowest BCUT2D eigenvalue weighted by Crippen LogP contribution is -2.62. The minimum absolute atomic E-state index is 0.178. The third kappa shape index (κ3) is 2.86. The molecule has 0 saturated heterocycles. The summed E-state index contributed by atoms with van der Waals surface area (Å²) in [5.74, 6) is 0.407. The number of carbonyl (C=O) groups excluding carboxylic acids is 2. The SMILES string of the molecule is CC(C)=CCC12CCC(=O)C(CC=C(C)C)(C1=O)C(C)(C)CC2. The summed E-state index contributed by atoms with van der Waals surface area (Å²) in [6.07, 6.45) is 8.84. The van der Waals surface area contributed by atoms with Crippen molar-refractivity contribution in [2.45, 2.75) is 80.1 Å². The Hall–Kier alpha value is -1.18. The smallest absolute Gasteiger partial charge is 0.153 e. The Morgan fingerprint density at radius 3 is 2.04 bits per heavy atom. The lowest BCUT2D eigenvalue weighted by Gasteiger charge is -2.57. The molecule has 2 unspecified atom stereocenters. The predicted octanol–water partition coefficient (Wildman–Crippen LogP) is 5.42. The van der Waals surface area contributed by atoms with Gasteiger partial charge in [-0.2, -0.15) is 0 Å². The average Bonchev–Trinajstić information content (AvgIpc) is 2.44. The molecule has 0 aliphatic heterocycles. The Balaban J connectivity index is 2.52. The predicted molar refractivity (Wildman–Crippen MR) is 95.2 cm³/mol. The van der Waals surface area contributed by atoms with E-state index in [0.717, 1.165) is 25.7 Å². The van der Waals surface area contributed by atoms with E-state index >= 15 is 0 Å². The second-order valence-electron chi connectivity index (χ2n) is 8.79. The third-order valence-corrected chi connectivity index (χ3v) is 6.28. The van der Waals surface area contributed by atoms with E-state index in [0.29, 0.717) is 12.8 Å². The fourth-order valence-electron chi connectivity index (χ4n) is 4.48. The first-order valence-electron chi connectivity index (χ1n) is 8.92. The van der Waals surface area contributed by atoms with E-state index in [-0.39, 0.29) is 22.4 Å². The highest BCUT2D eigenvalue weighted by atomic mass is 16.2. The Labute approximate surface area is 141 Å². The summed E-state index contributed by atoms with van der Waals surface area (Å²) in [5.41, 5.74) is 1.07. The van der Waals surface area contributed by atoms with Crippen molar-refractivity contribution in [2.24, 2.45) is 16.2 Å². The molecule has 2 fully saturated rings. The number of Topliss-reactive ketones (excluding diaryl/α,β-unsaturated/α-hetero) is 2. The van der Waals surface area contributed by atoms with Crippen LogP contribution in [-0.4, -0.2) is 11.6 Å². The normalized spacial score (nSPS) is 32.4. The summed E-state index contributed by atoms with van der Waals surface area (Å²) in [6.45, 7) is 12.5. The first-order valence-corrected chi connectivity index (χ1v) is 8.92. The van der Waals surface area contributed by atoms with Crippen molar-refractivity contribution < 1.29 is 9.59 Å². The van der Waals surface area contributed by atoms with Crippen molar-refractivity contribution in [2.75, 3.05) is 0 Å². The van der Waals surface area contributed by atoms with Gasteiger partial charge in [-0.05, 0) is 65.2 Å². The molecule has 2 nitrogen and oxygen atoms in total. The maximum Gasteiger partial charge on any atom is 0.153 e. The molecule has 2 aliphatic rings. The Kier molecular flexibility index (Phi) is 4.76. The summed E-state index contributed by atoms with van der Waals surface area (Å²) in [5, 5.41) is 0. The lowest BCUT2D eigenvalue weighted by molar-refractivity contribution is -0.170. The highest BCUT2D eigenvalue weighted by Crippen LogP contribution is 2.62. The van der Waals surface area contributed by atoms with Crippen molar-refractivity contribution in [1.82, 2.24) is 0 Å². The molecule has 0 radical (unpaired) electrons. The molecule has 2 bridgehead atoms. The van der Waals surface area contributed by atoms with Crippen molar-refractivity contribution in [3.63, 3.8) is 0 Å². The number of carbonyl (C=O) groups is 2. The minimum atomic E-state index is -0.809. The van der Waals surface area contributed by atoms with Crippen LogP contribution in [-0.2, 0) is 9.59 Å². The zero-order valence-corrected chi connectivity index (χ0v) is 15.7. The number of hydrogen-bond acceptors (Lipinski definition) is 2. The summed E-state index contributed by atoms with van der Waals surface area (Å²) < 4.78 is 0. The van der Waals surface area contributed by atoms with E-state index in [9.17, 15) is 9.59 Å². The van der Waals surface area contributed by atoms with E-state index in [2.05, 4.69) is 39.8 Å². The first-order chi connectivity index (χ1) is 10.6. The molecule has 0 spiro atoms. The molecule has 0 amide bonds. The molecule has 128 valence electrons. The molecule has 2 atom stereocenters. The van der Waals surface area contributed by atoms with Crippen LogP contribution in [0.1, 0.15) is 80.1 Å². The molecule has 0 aromatic rings. The highest BCUT2D eigenvalue weighted by Gasteiger charge is 2.65. The van der Waals surface area contributed by atoms with Gasteiger partial charge in [0, 0.05) is 11.8 Å². The zero-order chi connectivity index (χ0) is 17.5. The van der Waals surface area contributed by atoms with Gasteiger partial charge in [0.1, 0.15) is 5.78 Å². The number of rotatable bonds is 4. The van der Waals surface area contributed by atoms with E-state index < -0.39 is 5.41 Å². The van der Waals surface area contributed by atoms with Gasteiger partial charge >= 0.3 is 0 Å². The van der Waals surface area contributed by atoms with Crippen molar-refractivity contribution in [3.8, 4) is 0 Å². The van der Waals surface area contributed by atoms with Gasteiger partial charge in [-0.15, -0.1) is 0 Å². The Morgan fingerprint density at radius 2 is 1.48 bits per heavy atom. The van der Waals surface area contributed by atoms with Gasteiger partial charge in [-0.1, -0.05) is 37.1 Å². The number of fused-ring (bicyclic) bond motifs is 2. The second kappa shape index (κ2) is 6.03. The topological polar surface area (TPSA) is 34.1 Å². The van der Waals surface area contributed by atoms with Crippen molar-refractivity contribution in [3.05, 3.63) is 23.3 Å². The van der Waals surface area contributed by atoms with Crippen molar-refractivity contribution >= 4 is 11.6 Å². The molecule has 2 rings (SSSR count). The summed E-state index contributed by atoms with van der Waals surface area (Å²) in [4.78, 5) is 26.6. The molecule has 23 heavy (non-hydrogen) atoms. The molecule has 0 N–H and O–H groups in total. The van der Waals surface area contributed by atoms with E-state index in [1.807, 2.05) is 13.8 Å². The first kappa shape index (κ1) is 18.2.